The predicted molar refractivity (Wildman–Crippen MR) is 144 cm³/mol. The zero-order valence-electron chi connectivity index (χ0n) is 21.8. The Hall–Kier alpha value is -2.40. The zero-order valence-corrected chi connectivity index (χ0v) is 21.8. The van der Waals surface area contributed by atoms with Gasteiger partial charge in [-0.3, -0.25) is 4.90 Å². The molecule has 2 heterocycles. The van der Waals surface area contributed by atoms with Gasteiger partial charge in [-0.25, -0.2) is 0 Å². The summed E-state index contributed by atoms with van der Waals surface area (Å²) in [6, 6.07) is 22.4. The van der Waals surface area contributed by atoms with Crippen molar-refractivity contribution < 1.29 is 4.74 Å². The third-order valence-electron chi connectivity index (χ3n) is 8.36. The van der Waals surface area contributed by atoms with Gasteiger partial charge in [0.15, 0.2) is 0 Å². The molecule has 4 heteroatoms. The Labute approximate surface area is 211 Å². The van der Waals surface area contributed by atoms with Crippen LogP contribution in [0, 0.1) is 5.92 Å². The molecule has 0 saturated carbocycles. The highest BCUT2D eigenvalue weighted by atomic mass is 16.5. The molecule has 5 rings (SSSR count). The van der Waals surface area contributed by atoms with Crippen molar-refractivity contribution in [3.8, 4) is 0 Å². The first-order valence-corrected chi connectivity index (χ1v) is 13.2. The summed E-state index contributed by atoms with van der Waals surface area (Å²) in [6.45, 7) is 11.9. The molecule has 1 aliphatic carbocycles. The first-order valence-electron chi connectivity index (χ1n) is 13.2. The fraction of sp³-hybridized carbons (Fsp3) is 0.484. The molecular formula is C31H41N3O. The van der Waals surface area contributed by atoms with E-state index >= 15 is 0 Å². The van der Waals surface area contributed by atoms with Crippen molar-refractivity contribution in [1.29, 1.82) is 0 Å². The first-order chi connectivity index (χ1) is 16.7. The third kappa shape index (κ3) is 5.11. The average molecular weight is 472 g/mol. The molecule has 2 fully saturated rings. The molecular weight excluding hydrogens is 430 g/mol. The number of hydrogen-bond donors (Lipinski definition) is 2. The molecule has 3 N–H and O–H groups in total. The number of allylic oxidation sites excluding steroid dienone is 2. The van der Waals surface area contributed by atoms with Crippen LogP contribution in [0.5, 0.6) is 0 Å². The highest BCUT2D eigenvalue weighted by Gasteiger charge is 2.50. The van der Waals surface area contributed by atoms with E-state index in [9.17, 15) is 0 Å². The number of fused-ring (bicyclic) bond motifs is 1. The monoisotopic (exact) mass is 471 g/mol. The van der Waals surface area contributed by atoms with Crippen LogP contribution in [-0.4, -0.2) is 41.7 Å². The number of nitrogens with one attached hydrogen (secondary N) is 1. The Balaban J connectivity index is 1.22. The highest BCUT2D eigenvalue weighted by molar-refractivity contribution is 5.42. The number of nitrogens with zero attached hydrogens (tertiary/aromatic N) is 1. The van der Waals surface area contributed by atoms with Gasteiger partial charge in [-0.2, -0.15) is 0 Å². The van der Waals surface area contributed by atoms with E-state index in [1.54, 1.807) is 0 Å². The number of nitrogens with two attached hydrogens (primary N) is 1. The lowest BCUT2D eigenvalue weighted by molar-refractivity contribution is 0.0116. The van der Waals surface area contributed by atoms with E-state index in [0.717, 1.165) is 44.7 Å². The van der Waals surface area contributed by atoms with E-state index in [2.05, 4.69) is 105 Å². The van der Waals surface area contributed by atoms with Crippen molar-refractivity contribution in [3.63, 3.8) is 0 Å². The topological polar surface area (TPSA) is 50.5 Å². The standard InChI is InChI=1S/C31H41N3O/c1-22-19-31(4,32)27-20-30(3,35-29(27)23(22)2)21-34-17-15-26(16-18-34)33-28(24-11-7-5-8-12-24)25-13-9-6-10-14-25/h5-14,19,26-28,33H,15-18,20-21,32H2,1-4H3. The lowest BCUT2D eigenvalue weighted by atomic mass is 9.74. The van der Waals surface area contributed by atoms with Gasteiger partial charge in [0.1, 0.15) is 11.4 Å². The van der Waals surface area contributed by atoms with Gasteiger partial charge in [0, 0.05) is 24.0 Å². The Morgan fingerprint density at radius 2 is 1.54 bits per heavy atom. The van der Waals surface area contributed by atoms with Gasteiger partial charge in [-0.05, 0) is 82.3 Å². The number of ether oxygens (including phenoxy) is 1. The summed E-state index contributed by atoms with van der Waals surface area (Å²) in [4.78, 5) is 2.60. The lowest BCUT2D eigenvalue weighted by Crippen LogP contribution is -2.49. The Kier molecular flexibility index (Phi) is 6.65. The van der Waals surface area contributed by atoms with E-state index in [0.29, 0.717) is 6.04 Å². The largest absolute Gasteiger partial charge is 0.490 e. The molecule has 3 aliphatic rings. The quantitative estimate of drug-likeness (QED) is 0.578. The Morgan fingerprint density at radius 3 is 2.11 bits per heavy atom. The van der Waals surface area contributed by atoms with E-state index < -0.39 is 0 Å². The van der Waals surface area contributed by atoms with Gasteiger partial charge in [0.25, 0.3) is 0 Å². The molecule has 2 aliphatic heterocycles. The molecule has 0 aromatic heterocycles. The minimum absolute atomic E-state index is 0.183. The van der Waals surface area contributed by atoms with E-state index in [-0.39, 0.29) is 23.1 Å². The van der Waals surface area contributed by atoms with Gasteiger partial charge in [-0.15, -0.1) is 0 Å². The van der Waals surface area contributed by atoms with Crippen molar-refractivity contribution in [1.82, 2.24) is 10.2 Å². The second kappa shape index (κ2) is 9.57. The van der Waals surface area contributed by atoms with Gasteiger partial charge in [0.2, 0.25) is 0 Å². The summed E-state index contributed by atoms with van der Waals surface area (Å²) >= 11 is 0. The average Bonchev–Trinajstić information content (AvgIpc) is 3.22. The van der Waals surface area contributed by atoms with Gasteiger partial charge in [0.05, 0.1) is 6.04 Å². The summed E-state index contributed by atoms with van der Waals surface area (Å²) in [5.74, 6) is 1.40. The van der Waals surface area contributed by atoms with Crippen LogP contribution in [0.25, 0.3) is 0 Å². The Morgan fingerprint density at radius 1 is 0.971 bits per heavy atom. The van der Waals surface area contributed by atoms with Crippen molar-refractivity contribution in [2.24, 2.45) is 11.7 Å². The van der Waals surface area contributed by atoms with Crippen LogP contribution < -0.4 is 11.1 Å². The molecule has 2 aromatic rings. The number of benzene rings is 2. The molecule has 0 bridgehead atoms. The second-order valence-electron chi connectivity index (χ2n) is 11.5. The van der Waals surface area contributed by atoms with Gasteiger partial charge < -0.3 is 15.8 Å². The van der Waals surface area contributed by atoms with Crippen LogP contribution in [0.4, 0.5) is 0 Å². The van der Waals surface area contributed by atoms with Gasteiger partial charge in [-0.1, -0.05) is 66.7 Å². The molecule has 3 atom stereocenters. The fourth-order valence-corrected chi connectivity index (χ4v) is 6.35. The maximum absolute atomic E-state index is 6.72. The SMILES string of the molecule is CC1=CC(C)(N)C2CC(C)(CN3CCC(NC(c4ccccc4)c4ccccc4)CC3)OC2=C1C. The minimum Gasteiger partial charge on any atom is -0.490 e. The molecule has 0 spiro atoms. The van der Waals surface area contributed by atoms with Crippen LogP contribution in [0.3, 0.4) is 0 Å². The summed E-state index contributed by atoms with van der Waals surface area (Å²) in [6.07, 6.45) is 5.51. The van der Waals surface area contributed by atoms with Crippen LogP contribution >= 0.6 is 0 Å². The molecule has 35 heavy (non-hydrogen) atoms. The first kappa shape index (κ1) is 24.3. The molecule has 2 aromatic carbocycles. The van der Waals surface area contributed by atoms with E-state index in [1.807, 2.05) is 0 Å². The van der Waals surface area contributed by atoms with Crippen LogP contribution in [0.1, 0.15) is 64.1 Å². The van der Waals surface area contributed by atoms with E-state index in [4.69, 9.17) is 10.5 Å². The summed E-state index contributed by atoms with van der Waals surface area (Å²) in [7, 11) is 0. The minimum atomic E-state index is -0.336. The maximum Gasteiger partial charge on any atom is 0.119 e. The third-order valence-corrected chi connectivity index (χ3v) is 8.36. The van der Waals surface area contributed by atoms with Crippen molar-refractivity contribution in [3.05, 3.63) is 94.8 Å². The van der Waals surface area contributed by atoms with Crippen molar-refractivity contribution in [2.45, 2.75) is 70.2 Å². The Bertz CT molecular complexity index is 1040. The summed E-state index contributed by atoms with van der Waals surface area (Å²) < 4.78 is 6.68. The van der Waals surface area contributed by atoms with E-state index in [1.165, 1.54) is 22.3 Å². The van der Waals surface area contributed by atoms with Crippen LogP contribution in [-0.2, 0) is 4.74 Å². The molecule has 0 radical (unpaired) electrons. The molecule has 186 valence electrons. The smallest absolute Gasteiger partial charge is 0.119 e. The molecule has 2 saturated heterocycles. The normalized spacial score (nSPS) is 29.8. The van der Waals surface area contributed by atoms with Crippen LogP contribution in [0.15, 0.2) is 83.6 Å². The van der Waals surface area contributed by atoms with Crippen molar-refractivity contribution >= 4 is 0 Å². The summed E-state index contributed by atoms with van der Waals surface area (Å²) in [5.41, 5.74) is 11.4. The summed E-state index contributed by atoms with van der Waals surface area (Å²) in [5, 5.41) is 3.99. The maximum atomic E-state index is 6.72. The lowest BCUT2D eigenvalue weighted by Gasteiger charge is -2.38. The molecule has 3 unspecified atom stereocenters. The predicted octanol–water partition coefficient (Wildman–Crippen LogP) is 5.58. The fourth-order valence-electron chi connectivity index (χ4n) is 6.35. The highest BCUT2D eigenvalue weighted by Crippen LogP contribution is 2.48. The molecule has 4 nitrogen and oxygen atoms in total. The van der Waals surface area contributed by atoms with Crippen molar-refractivity contribution in [2.75, 3.05) is 19.6 Å². The number of rotatable bonds is 6. The number of piperidine rings is 1. The van der Waals surface area contributed by atoms with Crippen LogP contribution in [0.2, 0.25) is 0 Å². The molecule has 0 amide bonds. The number of hydrogen-bond acceptors (Lipinski definition) is 4. The zero-order chi connectivity index (χ0) is 24.6. The second-order valence-corrected chi connectivity index (χ2v) is 11.5. The van der Waals surface area contributed by atoms with Gasteiger partial charge >= 0.3 is 0 Å². The number of likely N-dealkylation sites (tertiary alicyclic amines) is 1.